The summed E-state index contributed by atoms with van der Waals surface area (Å²) in [6.07, 6.45) is 5.52. The lowest BCUT2D eigenvalue weighted by Gasteiger charge is -2.14. The minimum Gasteiger partial charge on any atom is -0.356 e. The van der Waals surface area contributed by atoms with Crippen molar-refractivity contribution in [1.82, 2.24) is 10.3 Å². The first-order valence-corrected chi connectivity index (χ1v) is 5.48. The first-order valence-electron chi connectivity index (χ1n) is 5.48. The smallest absolute Gasteiger partial charge is 0.223 e. The number of aromatic nitrogens is 1. The van der Waals surface area contributed by atoms with Crippen LogP contribution in [0.15, 0.2) is 24.5 Å². The fourth-order valence-corrected chi connectivity index (χ4v) is 2.27. The highest BCUT2D eigenvalue weighted by molar-refractivity contribution is 5.81. The molecule has 1 fully saturated rings. The quantitative estimate of drug-likeness (QED) is 0.808. The normalized spacial score (nSPS) is 25.3. The van der Waals surface area contributed by atoms with E-state index in [0.29, 0.717) is 5.92 Å². The zero-order valence-electron chi connectivity index (χ0n) is 8.94. The van der Waals surface area contributed by atoms with Gasteiger partial charge < -0.3 is 5.32 Å². The summed E-state index contributed by atoms with van der Waals surface area (Å²) < 4.78 is 0. The standard InChI is InChI=1S/C12H16N2O/c1-2-11-10(8-14-12(11)15)7-9-3-5-13-6-4-9/h3-6,10-11H,2,7-8H2,1H3,(H,14,15). The van der Waals surface area contributed by atoms with Crippen LogP contribution < -0.4 is 5.32 Å². The van der Waals surface area contributed by atoms with Gasteiger partial charge in [-0.1, -0.05) is 6.92 Å². The maximum Gasteiger partial charge on any atom is 0.223 e. The zero-order chi connectivity index (χ0) is 10.7. The molecule has 1 aliphatic rings. The van der Waals surface area contributed by atoms with Gasteiger partial charge in [-0.15, -0.1) is 0 Å². The second kappa shape index (κ2) is 4.43. The molecule has 0 spiro atoms. The second-order valence-corrected chi connectivity index (χ2v) is 4.08. The van der Waals surface area contributed by atoms with Crippen LogP contribution in [0.5, 0.6) is 0 Å². The topological polar surface area (TPSA) is 42.0 Å². The van der Waals surface area contributed by atoms with Gasteiger partial charge in [0.25, 0.3) is 0 Å². The van der Waals surface area contributed by atoms with E-state index in [-0.39, 0.29) is 11.8 Å². The summed E-state index contributed by atoms with van der Waals surface area (Å²) in [6.45, 7) is 2.90. The predicted octanol–water partition coefficient (Wildman–Crippen LogP) is 1.40. The van der Waals surface area contributed by atoms with E-state index in [1.54, 1.807) is 12.4 Å². The van der Waals surface area contributed by atoms with E-state index in [0.717, 1.165) is 19.4 Å². The van der Waals surface area contributed by atoms with Gasteiger partial charge in [-0.25, -0.2) is 0 Å². The van der Waals surface area contributed by atoms with Gasteiger partial charge in [0, 0.05) is 24.9 Å². The minimum absolute atomic E-state index is 0.193. The number of nitrogens with zero attached hydrogens (tertiary/aromatic N) is 1. The molecule has 1 aromatic rings. The van der Waals surface area contributed by atoms with Crippen molar-refractivity contribution in [3.63, 3.8) is 0 Å². The van der Waals surface area contributed by atoms with Crippen molar-refractivity contribution in [2.24, 2.45) is 11.8 Å². The Kier molecular flexibility index (Phi) is 2.99. The molecule has 0 aliphatic carbocycles. The first kappa shape index (κ1) is 10.1. The Morgan fingerprint density at radius 3 is 2.87 bits per heavy atom. The van der Waals surface area contributed by atoms with Crippen molar-refractivity contribution in [3.05, 3.63) is 30.1 Å². The Hall–Kier alpha value is -1.38. The Morgan fingerprint density at radius 1 is 1.47 bits per heavy atom. The maximum absolute atomic E-state index is 11.5. The third kappa shape index (κ3) is 2.17. The van der Waals surface area contributed by atoms with E-state index in [1.807, 2.05) is 12.1 Å². The van der Waals surface area contributed by atoms with Crippen molar-refractivity contribution in [2.75, 3.05) is 6.54 Å². The molecule has 2 rings (SSSR count). The van der Waals surface area contributed by atoms with Crippen molar-refractivity contribution >= 4 is 5.91 Å². The summed E-state index contributed by atoms with van der Waals surface area (Å²) in [5.74, 6) is 0.861. The molecule has 1 N–H and O–H groups in total. The largest absolute Gasteiger partial charge is 0.356 e. The molecule has 2 heterocycles. The molecule has 0 bridgehead atoms. The molecule has 15 heavy (non-hydrogen) atoms. The first-order chi connectivity index (χ1) is 7.31. The van der Waals surface area contributed by atoms with Gasteiger partial charge >= 0.3 is 0 Å². The van der Waals surface area contributed by atoms with Gasteiger partial charge in [0.15, 0.2) is 0 Å². The molecule has 3 nitrogen and oxygen atoms in total. The van der Waals surface area contributed by atoms with Crippen LogP contribution in [0.3, 0.4) is 0 Å². The molecule has 1 aromatic heterocycles. The highest BCUT2D eigenvalue weighted by atomic mass is 16.2. The van der Waals surface area contributed by atoms with Gasteiger partial charge in [-0.05, 0) is 36.5 Å². The highest BCUT2D eigenvalue weighted by Gasteiger charge is 2.32. The predicted molar refractivity (Wildman–Crippen MR) is 58.2 cm³/mol. The minimum atomic E-state index is 0.193. The molecular weight excluding hydrogens is 188 g/mol. The molecular formula is C12H16N2O. The SMILES string of the molecule is CCC1C(=O)NCC1Cc1ccncc1. The summed E-state index contributed by atoms with van der Waals surface area (Å²) in [5.41, 5.74) is 1.27. The Bertz CT molecular complexity index is 337. The van der Waals surface area contributed by atoms with E-state index < -0.39 is 0 Å². The lowest BCUT2D eigenvalue weighted by molar-refractivity contribution is -0.123. The monoisotopic (exact) mass is 204 g/mol. The van der Waals surface area contributed by atoms with E-state index in [4.69, 9.17) is 0 Å². The van der Waals surface area contributed by atoms with Crippen LogP contribution in [0.25, 0.3) is 0 Å². The molecule has 0 aromatic carbocycles. The van der Waals surface area contributed by atoms with Gasteiger partial charge in [-0.3, -0.25) is 9.78 Å². The molecule has 3 heteroatoms. The fourth-order valence-electron chi connectivity index (χ4n) is 2.27. The van der Waals surface area contributed by atoms with Crippen LogP contribution in [0.4, 0.5) is 0 Å². The summed E-state index contributed by atoms with van der Waals surface area (Å²) in [7, 11) is 0. The maximum atomic E-state index is 11.5. The van der Waals surface area contributed by atoms with Gasteiger partial charge in [-0.2, -0.15) is 0 Å². The zero-order valence-corrected chi connectivity index (χ0v) is 8.94. The van der Waals surface area contributed by atoms with Crippen LogP contribution in [0, 0.1) is 11.8 Å². The summed E-state index contributed by atoms with van der Waals surface area (Å²) in [6, 6.07) is 4.05. The average molecular weight is 204 g/mol. The number of amides is 1. The molecule has 0 saturated carbocycles. The van der Waals surface area contributed by atoms with Crippen molar-refractivity contribution in [3.8, 4) is 0 Å². The van der Waals surface area contributed by atoms with Gasteiger partial charge in [0.05, 0.1) is 0 Å². The molecule has 80 valence electrons. The molecule has 1 amide bonds. The van der Waals surface area contributed by atoms with E-state index in [1.165, 1.54) is 5.56 Å². The number of nitrogens with one attached hydrogen (secondary N) is 1. The lowest BCUT2D eigenvalue weighted by Crippen LogP contribution is -2.19. The average Bonchev–Trinajstić information content (AvgIpc) is 2.61. The third-order valence-corrected chi connectivity index (χ3v) is 3.13. The van der Waals surface area contributed by atoms with E-state index in [2.05, 4.69) is 17.2 Å². The third-order valence-electron chi connectivity index (χ3n) is 3.13. The van der Waals surface area contributed by atoms with E-state index >= 15 is 0 Å². The summed E-state index contributed by atoms with van der Waals surface area (Å²) >= 11 is 0. The van der Waals surface area contributed by atoms with Crippen LogP contribution in [-0.2, 0) is 11.2 Å². The molecule has 2 atom stereocenters. The summed E-state index contributed by atoms with van der Waals surface area (Å²) in [5, 5.41) is 2.94. The number of pyridine rings is 1. The molecule has 1 saturated heterocycles. The molecule has 1 aliphatic heterocycles. The van der Waals surface area contributed by atoms with Crippen molar-refractivity contribution < 1.29 is 4.79 Å². The van der Waals surface area contributed by atoms with E-state index in [9.17, 15) is 4.79 Å². The number of rotatable bonds is 3. The fraction of sp³-hybridized carbons (Fsp3) is 0.500. The van der Waals surface area contributed by atoms with Gasteiger partial charge in [0.2, 0.25) is 5.91 Å². The molecule has 0 radical (unpaired) electrons. The van der Waals surface area contributed by atoms with Gasteiger partial charge in [0.1, 0.15) is 0 Å². The number of carbonyl (C=O) groups is 1. The molecule has 2 unspecified atom stereocenters. The van der Waals surface area contributed by atoms with Crippen LogP contribution >= 0.6 is 0 Å². The van der Waals surface area contributed by atoms with Crippen molar-refractivity contribution in [2.45, 2.75) is 19.8 Å². The second-order valence-electron chi connectivity index (χ2n) is 4.08. The van der Waals surface area contributed by atoms with Crippen molar-refractivity contribution in [1.29, 1.82) is 0 Å². The Morgan fingerprint density at radius 2 is 2.20 bits per heavy atom. The highest BCUT2D eigenvalue weighted by Crippen LogP contribution is 2.24. The Labute approximate surface area is 89.9 Å². The van der Waals surface area contributed by atoms with Crippen LogP contribution in [0.1, 0.15) is 18.9 Å². The Balaban J connectivity index is 2.04. The van der Waals surface area contributed by atoms with Crippen LogP contribution in [-0.4, -0.2) is 17.4 Å². The number of hydrogen-bond donors (Lipinski definition) is 1. The summed E-state index contributed by atoms with van der Waals surface area (Å²) in [4.78, 5) is 15.5. The van der Waals surface area contributed by atoms with Crippen LogP contribution in [0.2, 0.25) is 0 Å². The lowest BCUT2D eigenvalue weighted by atomic mass is 9.88. The number of carbonyl (C=O) groups excluding carboxylic acids is 1. The number of hydrogen-bond acceptors (Lipinski definition) is 2.